The minimum atomic E-state index is -0.474. The molecule has 3 atom stereocenters. The molecule has 4 heteroatoms. The van der Waals surface area contributed by atoms with E-state index >= 15 is 0 Å². The normalized spacial score (nSPS) is 21.9. The van der Waals surface area contributed by atoms with Gasteiger partial charge in [-0.15, -0.1) is 0 Å². The molecule has 1 heterocycles. The van der Waals surface area contributed by atoms with Crippen LogP contribution >= 0.6 is 0 Å². The summed E-state index contributed by atoms with van der Waals surface area (Å²) >= 11 is 0. The lowest BCUT2D eigenvalue weighted by Crippen LogP contribution is -2.56. The van der Waals surface area contributed by atoms with E-state index in [1.807, 2.05) is 103 Å². The Balaban J connectivity index is 1.90. The molecule has 1 saturated heterocycles. The highest BCUT2D eigenvalue weighted by atomic mass is 16.2. The summed E-state index contributed by atoms with van der Waals surface area (Å²) in [5, 5.41) is 0. The molecule has 0 spiro atoms. The van der Waals surface area contributed by atoms with Gasteiger partial charge in [-0.05, 0) is 23.3 Å². The van der Waals surface area contributed by atoms with E-state index in [9.17, 15) is 9.59 Å². The zero-order chi connectivity index (χ0) is 20.4. The molecule has 4 rings (SSSR count). The molecule has 0 unspecified atom stereocenters. The summed E-state index contributed by atoms with van der Waals surface area (Å²) in [6, 6.07) is 28.5. The zero-order valence-corrected chi connectivity index (χ0v) is 16.6. The van der Waals surface area contributed by atoms with Crippen LogP contribution < -0.4 is 0 Å². The second-order valence-electron chi connectivity index (χ2n) is 7.46. The second-order valence-corrected chi connectivity index (χ2v) is 7.46. The predicted octanol–water partition coefficient (Wildman–Crippen LogP) is 4.68. The largest absolute Gasteiger partial charge is 0.321 e. The summed E-state index contributed by atoms with van der Waals surface area (Å²) in [5.41, 5.74) is 2.50. The molecule has 0 saturated carbocycles. The van der Waals surface area contributed by atoms with Gasteiger partial charge in [0.05, 0.1) is 12.0 Å². The molecule has 4 nitrogen and oxygen atoms in total. The summed E-state index contributed by atoms with van der Waals surface area (Å²) in [6.45, 7) is 1.91. The number of nitrogens with zero attached hydrogens (tertiary/aromatic N) is 2. The first kappa shape index (κ1) is 18.9. The predicted molar refractivity (Wildman–Crippen MR) is 113 cm³/mol. The highest BCUT2D eigenvalue weighted by Crippen LogP contribution is 2.43. The lowest BCUT2D eigenvalue weighted by Gasteiger charge is -2.50. The summed E-state index contributed by atoms with van der Waals surface area (Å²) in [5.74, 6) is -0.403. The van der Waals surface area contributed by atoms with Crippen molar-refractivity contribution in [3.63, 3.8) is 0 Å². The maximum atomic E-state index is 13.8. The Morgan fingerprint density at radius 2 is 1.24 bits per heavy atom. The van der Waals surface area contributed by atoms with E-state index in [1.165, 1.54) is 0 Å². The van der Waals surface area contributed by atoms with Gasteiger partial charge in [-0.3, -0.25) is 9.59 Å². The Labute approximate surface area is 171 Å². The quantitative estimate of drug-likeness (QED) is 0.658. The van der Waals surface area contributed by atoms with Gasteiger partial charge in [0.2, 0.25) is 5.91 Å². The minimum absolute atomic E-state index is 0.0322. The van der Waals surface area contributed by atoms with Gasteiger partial charge < -0.3 is 9.80 Å². The van der Waals surface area contributed by atoms with Crippen molar-refractivity contribution in [2.24, 2.45) is 5.92 Å². The van der Waals surface area contributed by atoms with Crippen LogP contribution in [-0.2, 0) is 4.79 Å². The van der Waals surface area contributed by atoms with Crippen molar-refractivity contribution in [1.29, 1.82) is 0 Å². The summed E-state index contributed by atoms with van der Waals surface area (Å²) in [6.07, 6.45) is -0.474. The standard InChI is InChI=1S/C25H24N2O2/c1-18-22(19-12-6-3-7-13-19)27(25(29)21-16-10-5-11-17-21)23(26(2)24(18)28)20-14-8-4-9-15-20/h3-18,22-23H,1-2H3/t18-,22+,23+/m0/s1. The molecule has 0 radical (unpaired) electrons. The third-order valence-electron chi connectivity index (χ3n) is 5.63. The molecule has 0 aromatic heterocycles. The van der Waals surface area contributed by atoms with Gasteiger partial charge in [0.1, 0.15) is 6.17 Å². The van der Waals surface area contributed by atoms with Crippen LogP contribution in [0.2, 0.25) is 0 Å². The highest BCUT2D eigenvalue weighted by molar-refractivity contribution is 5.96. The number of carbonyl (C=O) groups is 2. The van der Waals surface area contributed by atoms with Gasteiger partial charge in [0.15, 0.2) is 0 Å². The number of benzene rings is 3. The van der Waals surface area contributed by atoms with E-state index in [2.05, 4.69) is 0 Å². The molecule has 2 amide bonds. The number of amides is 2. The number of rotatable bonds is 3. The van der Waals surface area contributed by atoms with E-state index in [0.29, 0.717) is 5.56 Å². The van der Waals surface area contributed by atoms with Crippen LogP contribution in [0.15, 0.2) is 91.0 Å². The molecule has 1 fully saturated rings. The van der Waals surface area contributed by atoms with Crippen LogP contribution in [0.25, 0.3) is 0 Å². The molecule has 29 heavy (non-hydrogen) atoms. The van der Waals surface area contributed by atoms with Crippen molar-refractivity contribution < 1.29 is 9.59 Å². The zero-order valence-electron chi connectivity index (χ0n) is 16.6. The van der Waals surface area contributed by atoms with Gasteiger partial charge in [0.25, 0.3) is 5.91 Å². The average Bonchev–Trinajstić information content (AvgIpc) is 2.78. The van der Waals surface area contributed by atoms with Gasteiger partial charge in [-0.25, -0.2) is 0 Å². The molecule has 146 valence electrons. The Hall–Kier alpha value is -3.40. The SMILES string of the molecule is C[C@@H]1C(=O)N(C)[C@@H](c2ccccc2)N(C(=O)c2ccccc2)[C@H]1c1ccccc1. The Morgan fingerprint density at radius 1 is 0.759 bits per heavy atom. The van der Waals surface area contributed by atoms with Crippen LogP contribution in [0.1, 0.15) is 40.6 Å². The third kappa shape index (κ3) is 3.42. The van der Waals surface area contributed by atoms with Crippen molar-refractivity contribution in [3.8, 4) is 0 Å². The first-order valence-corrected chi connectivity index (χ1v) is 9.84. The number of carbonyl (C=O) groups excluding carboxylic acids is 2. The van der Waals surface area contributed by atoms with Gasteiger partial charge in [0, 0.05) is 12.6 Å². The topological polar surface area (TPSA) is 40.6 Å². The molecule has 3 aromatic rings. The first-order chi connectivity index (χ1) is 14.1. The monoisotopic (exact) mass is 384 g/mol. The minimum Gasteiger partial charge on any atom is -0.321 e. The van der Waals surface area contributed by atoms with Crippen LogP contribution in [0, 0.1) is 5.92 Å². The average molecular weight is 384 g/mol. The summed E-state index contributed by atoms with van der Waals surface area (Å²) in [4.78, 5) is 30.5. The fourth-order valence-electron chi connectivity index (χ4n) is 4.23. The molecule has 0 bridgehead atoms. The third-order valence-corrected chi connectivity index (χ3v) is 5.63. The van der Waals surface area contributed by atoms with Crippen LogP contribution in [0.4, 0.5) is 0 Å². The number of hydrogen-bond donors (Lipinski definition) is 0. The first-order valence-electron chi connectivity index (χ1n) is 9.84. The molecule has 0 aliphatic carbocycles. The maximum Gasteiger partial charge on any atom is 0.256 e. The van der Waals surface area contributed by atoms with E-state index in [0.717, 1.165) is 11.1 Å². The Morgan fingerprint density at radius 3 is 1.79 bits per heavy atom. The molecular weight excluding hydrogens is 360 g/mol. The van der Waals surface area contributed by atoms with Crippen molar-refractivity contribution >= 4 is 11.8 Å². The van der Waals surface area contributed by atoms with Gasteiger partial charge in [-0.1, -0.05) is 85.8 Å². The van der Waals surface area contributed by atoms with Crippen molar-refractivity contribution in [2.45, 2.75) is 19.1 Å². The van der Waals surface area contributed by atoms with Gasteiger partial charge >= 0.3 is 0 Å². The van der Waals surface area contributed by atoms with Crippen molar-refractivity contribution in [3.05, 3.63) is 108 Å². The van der Waals surface area contributed by atoms with Gasteiger partial charge in [-0.2, -0.15) is 0 Å². The van der Waals surface area contributed by atoms with Crippen LogP contribution in [-0.4, -0.2) is 28.7 Å². The summed E-state index contributed by atoms with van der Waals surface area (Å²) < 4.78 is 0. The summed E-state index contributed by atoms with van der Waals surface area (Å²) in [7, 11) is 1.78. The molecule has 0 N–H and O–H groups in total. The van der Waals surface area contributed by atoms with Crippen molar-refractivity contribution in [1.82, 2.24) is 9.80 Å². The van der Waals surface area contributed by atoms with E-state index in [4.69, 9.17) is 0 Å². The van der Waals surface area contributed by atoms with Crippen molar-refractivity contribution in [2.75, 3.05) is 7.05 Å². The molecule has 1 aliphatic rings. The lowest BCUT2D eigenvalue weighted by molar-refractivity contribution is -0.151. The second kappa shape index (κ2) is 7.92. The lowest BCUT2D eigenvalue weighted by atomic mass is 9.86. The van der Waals surface area contributed by atoms with Crippen LogP contribution in [0.3, 0.4) is 0 Å². The fourth-order valence-corrected chi connectivity index (χ4v) is 4.23. The smallest absolute Gasteiger partial charge is 0.256 e. The van der Waals surface area contributed by atoms with E-state index in [1.54, 1.807) is 11.9 Å². The molecule has 1 aliphatic heterocycles. The molecule has 3 aromatic carbocycles. The Kier molecular flexibility index (Phi) is 5.17. The van der Waals surface area contributed by atoms with Crippen LogP contribution in [0.5, 0.6) is 0 Å². The van der Waals surface area contributed by atoms with E-state index < -0.39 is 6.17 Å². The fraction of sp³-hybridized carbons (Fsp3) is 0.200. The maximum absolute atomic E-state index is 13.8. The number of hydrogen-bond acceptors (Lipinski definition) is 2. The highest BCUT2D eigenvalue weighted by Gasteiger charge is 2.47. The Bertz CT molecular complexity index is 934. The van der Waals surface area contributed by atoms with E-state index in [-0.39, 0.29) is 23.8 Å². The molecular formula is C25H24N2O2.